The van der Waals surface area contributed by atoms with Crippen LogP contribution in [0, 0.1) is 6.92 Å². The Hall–Kier alpha value is -3.98. The second-order valence-corrected chi connectivity index (χ2v) is 9.54. The summed E-state index contributed by atoms with van der Waals surface area (Å²) in [5, 5.41) is 8.81. The van der Waals surface area contributed by atoms with Crippen LogP contribution in [0.2, 0.25) is 0 Å². The van der Waals surface area contributed by atoms with Crippen molar-refractivity contribution in [2.75, 3.05) is 27.2 Å². The molecule has 0 bridgehead atoms. The third-order valence-corrected chi connectivity index (χ3v) is 6.81. The van der Waals surface area contributed by atoms with E-state index < -0.39 is 5.63 Å². The molecular formula is C28H30N4O5. The molecule has 1 aliphatic heterocycles. The lowest BCUT2D eigenvalue weighted by Crippen LogP contribution is -2.35. The monoisotopic (exact) mass is 502 g/mol. The maximum atomic E-state index is 12.9. The standard InChI is InChI=1S/C28H30N4O5/c1-18-26(36-23-10-12-31(2)13-11-23)9-6-20-14-21(28(34)37-27(18)20)15-25(33)24-17-32(30-29-24)16-19-4-7-22(35-3)8-5-19/h4-9,14,17,23H,10-13,15-16H2,1-3H3. The molecule has 0 unspecified atom stereocenters. The second-order valence-electron chi connectivity index (χ2n) is 9.54. The van der Waals surface area contributed by atoms with Crippen molar-refractivity contribution in [1.29, 1.82) is 0 Å². The number of benzene rings is 2. The van der Waals surface area contributed by atoms with Gasteiger partial charge in [-0.2, -0.15) is 0 Å². The highest BCUT2D eigenvalue weighted by Crippen LogP contribution is 2.29. The number of carbonyl (C=O) groups is 1. The van der Waals surface area contributed by atoms with E-state index in [1.807, 2.05) is 43.3 Å². The minimum Gasteiger partial charge on any atom is -0.497 e. The lowest BCUT2D eigenvalue weighted by molar-refractivity contribution is 0.0987. The molecule has 1 fully saturated rings. The average Bonchev–Trinajstić information content (AvgIpc) is 3.37. The molecule has 0 aliphatic carbocycles. The Morgan fingerprint density at radius 1 is 1.14 bits per heavy atom. The first-order valence-electron chi connectivity index (χ1n) is 12.4. The van der Waals surface area contributed by atoms with Crippen LogP contribution in [0.4, 0.5) is 0 Å². The van der Waals surface area contributed by atoms with E-state index in [0.29, 0.717) is 12.1 Å². The highest BCUT2D eigenvalue weighted by molar-refractivity contribution is 5.95. The molecule has 192 valence electrons. The molecule has 1 saturated heterocycles. The molecule has 4 aromatic rings. The lowest BCUT2D eigenvalue weighted by Gasteiger charge is -2.29. The molecule has 9 nitrogen and oxygen atoms in total. The number of fused-ring (bicyclic) bond motifs is 1. The zero-order valence-electron chi connectivity index (χ0n) is 21.3. The molecule has 0 spiro atoms. The van der Waals surface area contributed by atoms with Crippen LogP contribution in [-0.2, 0) is 13.0 Å². The van der Waals surface area contributed by atoms with Gasteiger partial charge in [0.1, 0.15) is 28.9 Å². The summed E-state index contributed by atoms with van der Waals surface area (Å²) in [6.07, 6.45) is 3.54. The van der Waals surface area contributed by atoms with Gasteiger partial charge in [0.2, 0.25) is 0 Å². The quantitative estimate of drug-likeness (QED) is 0.266. The number of methoxy groups -OCH3 is 1. The number of piperidine rings is 1. The number of ether oxygens (including phenoxy) is 2. The van der Waals surface area contributed by atoms with Crippen LogP contribution >= 0.6 is 0 Å². The molecule has 2 aromatic carbocycles. The van der Waals surface area contributed by atoms with E-state index in [-0.39, 0.29) is 29.6 Å². The van der Waals surface area contributed by atoms with Crippen molar-refractivity contribution in [3.8, 4) is 11.5 Å². The van der Waals surface area contributed by atoms with Crippen molar-refractivity contribution < 1.29 is 18.7 Å². The van der Waals surface area contributed by atoms with Gasteiger partial charge in [-0.15, -0.1) is 5.10 Å². The van der Waals surface area contributed by atoms with Crippen molar-refractivity contribution in [3.05, 3.63) is 81.5 Å². The van der Waals surface area contributed by atoms with Gasteiger partial charge in [0.15, 0.2) is 5.78 Å². The molecule has 1 aliphatic rings. The van der Waals surface area contributed by atoms with E-state index in [1.165, 1.54) is 0 Å². The molecule has 3 heterocycles. The molecule has 0 N–H and O–H groups in total. The summed E-state index contributed by atoms with van der Waals surface area (Å²) in [6, 6.07) is 13.1. The Labute approximate surface area is 214 Å². The third-order valence-electron chi connectivity index (χ3n) is 6.81. The average molecular weight is 503 g/mol. The van der Waals surface area contributed by atoms with E-state index in [2.05, 4.69) is 22.3 Å². The van der Waals surface area contributed by atoms with Gasteiger partial charge < -0.3 is 18.8 Å². The summed E-state index contributed by atoms with van der Waals surface area (Å²) in [5.74, 6) is 1.19. The highest BCUT2D eigenvalue weighted by atomic mass is 16.5. The number of hydrogen-bond acceptors (Lipinski definition) is 8. The van der Waals surface area contributed by atoms with E-state index in [0.717, 1.165) is 53.9 Å². The summed E-state index contributed by atoms with van der Waals surface area (Å²) in [6.45, 7) is 4.35. The summed E-state index contributed by atoms with van der Waals surface area (Å²) < 4.78 is 18.7. The minimum atomic E-state index is -0.536. The number of rotatable bonds is 8. The van der Waals surface area contributed by atoms with Crippen molar-refractivity contribution in [3.63, 3.8) is 0 Å². The molecule has 9 heteroatoms. The number of carbonyl (C=O) groups excluding carboxylic acids is 1. The van der Waals surface area contributed by atoms with Crippen LogP contribution in [-0.4, -0.2) is 59.0 Å². The van der Waals surface area contributed by atoms with Crippen LogP contribution < -0.4 is 15.1 Å². The Kier molecular flexibility index (Phi) is 7.05. The molecule has 0 amide bonds. The first-order valence-corrected chi connectivity index (χ1v) is 12.4. The highest BCUT2D eigenvalue weighted by Gasteiger charge is 2.21. The number of aryl methyl sites for hydroxylation is 1. The predicted molar refractivity (Wildman–Crippen MR) is 139 cm³/mol. The summed E-state index contributed by atoms with van der Waals surface area (Å²) >= 11 is 0. The van der Waals surface area contributed by atoms with Gasteiger partial charge in [-0.3, -0.25) is 4.79 Å². The van der Waals surface area contributed by atoms with Gasteiger partial charge in [0.05, 0.1) is 19.9 Å². The molecule has 5 rings (SSSR count). The number of hydrogen-bond donors (Lipinski definition) is 0. The van der Waals surface area contributed by atoms with Crippen LogP contribution in [0.5, 0.6) is 11.5 Å². The van der Waals surface area contributed by atoms with E-state index in [9.17, 15) is 9.59 Å². The van der Waals surface area contributed by atoms with Gasteiger partial charge in [-0.25, -0.2) is 9.48 Å². The predicted octanol–water partition coefficient (Wildman–Crippen LogP) is 3.65. The maximum Gasteiger partial charge on any atom is 0.339 e. The zero-order chi connectivity index (χ0) is 25.9. The Morgan fingerprint density at radius 3 is 2.62 bits per heavy atom. The van der Waals surface area contributed by atoms with Gasteiger partial charge in [-0.05, 0) is 62.7 Å². The minimum absolute atomic E-state index is 0.119. The number of nitrogens with zero attached hydrogens (tertiary/aromatic N) is 4. The van der Waals surface area contributed by atoms with Crippen LogP contribution in [0.25, 0.3) is 11.0 Å². The second kappa shape index (κ2) is 10.6. The van der Waals surface area contributed by atoms with Crippen molar-refractivity contribution in [1.82, 2.24) is 19.9 Å². The smallest absolute Gasteiger partial charge is 0.339 e. The van der Waals surface area contributed by atoms with Crippen molar-refractivity contribution >= 4 is 16.8 Å². The number of ketones is 1. The largest absolute Gasteiger partial charge is 0.497 e. The van der Waals surface area contributed by atoms with Crippen LogP contribution in [0.15, 0.2) is 57.9 Å². The summed E-state index contributed by atoms with van der Waals surface area (Å²) in [7, 11) is 3.73. The molecular weight excluding hydrogens is 472 g/mol. The van der Waals surface area contributed by atoms with Gasteiger partial charge >= 0.3 is 5.63 Å². The van der Waals surface area contributed by atoms with E-state index in [1.54, 1.807) is 24.1 Å². The molecule has 0 atom stereocenters. The lowest BCUT2D eigenvalue weighted by atomic mass is 10.0. The topological polar surface area (TPSA) is 99.7 Å². The first-order chi connectivity index (χ1) is 17.9. The SMILES string of the molecule is COc1ccc(Cn2cc(C(=O)Cc3cc4ccc(OC5CCN(C)CC5)c(C)c4oc3=O)nn2)cc1. The number of likely N-dealkylation sites (tertiary alicyclic amines) is 1. The molecule has 37 heavy (non-hydrogen) atoms. The third kappa shape index (κ3) is 5.56. The maximum absolute atomic E-state index is 12.9. The molecule has 2 aromatic heterocycles. The van der Waals surface area contributed by atoms with Gasteiger partial charge in [0.25, 0.3) is 0 Å². The Balaban J connectivity index is 1.29. The molecule has 0 saturated carbocycles. The fourth-order valence-electron chi connectivity index (χ4n) is 4.57. The van der Waals surface area contributed by atoms with E-state index >= 15 is 0 Å². The first kappa shape index (κ1) is 24.7. The normalized spacial score (nSPS) is 14.7. The van der Waals surface area contributed by atoms with Crippen molar-refractivity contribution in [2.45, 2.75) is 38.8 Å². The molecule has 0 radical (unpaired) electrons. The fourth-order valence-corrected chi connectivity index (χ4v) is 4.57. The van der Waals surface area contributed by atoms with E-state index in [4.69, 9.17) is 13.9 Å². The van der Waals surface area contributed by atoms with Crippen molar-refractivity contribution in [2.24, 2.45) is 0 Å². The number of Topliss-reactive ketones (excluding diaryl/α,β-unsaturated/α-hetero) is 1. The zero-order valence-corrected chi connectivity index (χ0v) is 21.3. The van der Waals surface area contributed by atoms with Gasteiger partial charge in [0, 0.05) is 36.0 Å². The van der Waals surface area contributed by atoms with Crippen LogP contribution in [0.3, 0.4) is 0 Å². The Bertz CT molecular complexity index is 1470. The summed E-state index contributed by atoms with van der Waals surface area (Å²) in [5.41, 5.74) is 2.21. The van der Waals surface area contributed by atoms with Crippen LogP contribution in [0.1, 0.15) is 40.0 Å². The fraction of sp³-hybridized carbons (Fsp3) is 0.357. The summed E-state index contributed by atoms with van der Waals surface area (Å²) in [4.78, 5) is 27.9. The Morgan fingerprint density at radius 2 is 1.89 bits per heavy atom. The van der Waals surface area contributed by atoms with Gasteiger partial charge in [-0.1, -0.05) is 17.3 Å². The number of aromatic nitrogens is 3.